The van der Waals surface area contributed by atoms with Crippen molar-refractivity contribution in [3.63, 3.8) is 0 Å². The van der Waals surface area contributed by atoms with E-state index in [9.17, 15) is 10.2 Å². The number of fused-ring (bicyclic) bond motifs is 1. The van der Waals surface area contributed by atoms with Crippen LogP contribution in [0.3, 0.4) is 0 Å². The van der Waals surface area contributed by atoms with Crippen molar-refractivity contribution in [1.82, 2.24) is 29.7 Å². The minimum absolute atomic E-state index is 0.111. The number of aromatic nitrogens is 6. The van der Waals surface area contributed by atoms with Crippen molar-refractivity contribution in [3.05, 3.63) is 24.4 Å². The normalized spacial score (nSPS) is 25.6. The number of aliphatic hydroxyl groups excluding tert-OH is 2. The van der Waals surface area contributed by atoms with Gasteiger partial charge in [-0.15, -0.1) is 0 Å². The van der Waals surface area contributed by atoms with Gasteiger partial charge in [-0.25, -0.2) is 15.0 Å². The van der Waals surface area contributed by atoms with Crippen molar-refractivity contribution in [2.24, 2.45) is 5.92 Å². The third-order valence-corrected chi connectivity index (χ3v) is 4.34. The highest BCUT2D eigenvalue weighted by Crippen LogP contribution is 2.39. The molecule has 1 aliphatic rings. The van der Waals surface area contributed by atoms with E-state index in [1.54, 1.807) is 11.5 Å². The molecule has 0 aliphatic carbocycles. The van der Waals surface area contributed by atoms with Crippen LogP contribution in [0.2, 0.25) is 0 Å². The standard InChI is InChI=1S/C16H21N7O4/c1-7(2)4-17-13-9-14(19-5-18-13)23(6-20-9)16-11(25)10(24)12(26-16)15-21-8(3)22-27-15/h5-7,10-12,16,24-25H,4H2,1-3H3,(H,17,18,19)/t10-,11+,12-,16+/m0/s1. The maximum absolute atomic E-state index is 10.5. The maximum Gasteiger partial charge on any atom is 0.258 e. The highest BCUT2D eigenvalue weighted by Gasteiger charge is 2.47. The topological polar surface area (TPSA) is 144 Å². The minimum Gasteiger partial charge on any atom is -0.387 e. The Morgan fingerprint density at radius 1 is 1.22 bits per heavy atom. The summed E-state index contributed by atoms with van der Waals surface area (Å²) in [4.78, 5) is 16.9. The zero-order valence-corrected chi connectivity index (χ0v) is 15.1. The highest BCUT2D eigenvalue weighted by atomic mass is 16.6. The van der Waals surface area contributed by atoms with Crippen LogP contribution in [0, 0.1) is 12.8 Å². The van der Waals surface area contributed by atoms with Gasteiger partial charge in [-0.2, -0.15) is 4.98 Å². The van der Waals surface area contributed by atoms with Gasteiger partial charge in [-0.1, -0.05) is 19.0 Å². The first kappa shape index (κ1) is 17.8. The monoisotopic (exact) mass is 375 g/mol. The van der Waals surface area contributed by atoms with Crippen LogP contribution >= 0.6 is 0 Å². The third-order valence-electron chi connectivity index (χ3n) is 4.34. The summed E-state index contributed by atoms with van der Waals surface area (Å²) in [5.74, 6) is 1.57. The summed E-state index contributed by atoms with van der Waals surface area (Å²) >= 11 is 0. The van der Waals surface area contributed by atoms with E-state index in [2.05, 4.69) is 44.3 Å². The lowest BCUT2D eigenvalue weighted by Gasteiger charge is -2.16. The second-order valence-corrected chi connectivity index (χ2v) is 6.93. The molecular formula is C16H21N7O4. The molecule has 4 rings (SSSR count). The van der Waals surface area contributed by atoms with Gasteiger partial charge < -0.3 is 24.8 Å². The van der Waals surface area contributed by atoms with Crippen molar-refractivity contribution < 1.29 is 19.5 Å². The van der Waals surface area contributed by atoms with Crippen LogP contribution < -0.4 is 5.32 Å². The Hall–Kier alpha value is -2.63. The largest absolute Gasteiger partial charge is 0.387 e. The lowest BCUT2D eigenvalue weighted by molar-refractivity contribution is -0.0451. The SMILES string of the molecule is Cc1noc([C@H]2O[C@@H](n3cnc4c(NCC(C)C)ncnc43)[C@H](O)[C@@H]2O)n1. The number of nitrogens with zero attached hydrogens (tertiary/aromatic N) is 6. The van der Waals surface area contributed by atoms with Crippen LogP contribution in [0.5, 0.6) is 0 Å². The predicted octanol–water partition coefficient (Wildman–Crippen LogP) is 0.578. The zero-order valence-electron chi connectivity index (χ0n) is 15.1. The Balaban J connectivity index is 1.65. The molecule has 11 heteroatoms. The van der Waals surface area contributed by atoms with Gasteiger partial charge in [0.25, 0.3) is 5.89 Å². The molecule has 0 unspecified atom stereocenters. The van der Waals surface area contributed by atoms with Gasteiger partial charge in [0.15, 0.2) is 35.1 Å². The van der Waals surface area contributed by atoms with Gasteiger partial charge in [0.1, 0.15) is 18.5 Å². The number of rotatable bonds is 5. The highest BCUT2D eigenvalue weighted by molar-refractivity contribution is 5.82. The zero-order chi connectivity index (χ0) is 19.1. The molecule has 0 saturated carbocycles. The number of ether oxygens (including phenoxy) is 1. The number of hydrogen-bond acceptors (Lipinski definition) is 10. The Kier molecular flexibility index (Phi) is 4.50. The summed E-state index contributed by atoms with van der Waals surface area (Å²) in [5, 5.41) is 27.8. The fourth-order valence-electron chi connectivity index (χ4n) is 2.99. The quantitative estimate of drug-likeness (QED) is 0.579. The average Bonchev–Trinajstić information content (AvgIpc) is 3.32. The fraction of sp³-hybridized carbons (Fsp3) is 0.562. The number of imidazole rings is 1. The van der Waals surface area contributed by atoms with Gasteiger partial charge in [-0.05, 0) is 12.8 Å². The molecule has 11 nitrogen and oxygen atoms in total. The molecule has 4 atom stereocenters. The molecule has 3 N–H and O–H groups in total. The Morgan fingerprint density at radius 2 is 2.04 bits per heavy atom. The molecule has 27 heavy (non-hydrogen) atoms. The summed E-state index contributed by atoms with van der Waals surface area (Å²) in [6.45, 7) is 6.58. The molecule has 4 heterocycles. The van der Waals surface area contributed by atoms with Crippen molar-refractivity contribution in [1.29, 1.82) is 0 Å². The van der Waals surface area contributed by atoms with Crippen molar-refractivity contribution >= 4 is 17.0 Å². The molecular weight excluding hydrogens is 354 g/mol. The summed E-state index contributed by atoms with van der Waals surface area (Å²) in [6, 6.07) is 0. The predicted molar refractivity (Wildman–Crippen MR) is 92.6 cm³/mol. The number of aryl methyl sites for hydroxylation is 1. The summed E-state index contributed by atoms with van der Waals surface area (Å²) < 4.78 is 12.5. The van der Waals surface area contributed by atoms with E-state index < -0.39 is 24.5 Å². The lowest BCUT2D eigenvalue weighted by atomic mass is 10.1. The fourth-order valence-corrected chi connectivity index (χ4v) is 2.99. The lowest BCUT2D eigenvalue weighted by Crippen LogP contribution is -2.29. The number of hydrogen-bond donors (Lipinski definition) is 3. The molecule has 0 radical (unpaired) electrons. The van der Waals surface area contributed by atoms with Crippen LogP contribution in [0.4, 0.5) is 5.82 Å². The van der Waals surface area contributed by atoms with E-state index in [1.807, 2.05) is 0 Å². The van der Waals surface area contributed by atoms with E-state index >= 15 is 0 Å². The molecule has 1 saturated heterocycles. The maximum atomic E-state index is 10.5. The van der Waals surface area contributed by atoms with E-state index in [4.69, 9.17) is 9.26 Å². The summed E-state index contributed by atoms with van der Waals surface area (Å²) in [5.41, 5.74) is 1.04. The smallest absolute Gasteiger partial charge is 0.258 e. The molecule has 0 bridgehead atoms. The van der Waals surface area contributed by atoms with Crippen molar-refractivity contribution in [2.75, 3.05) is 11.9 Å². The molecule has 144 valence electrons. The molecule has 3 aromatic rings. The van der Waals surface area contributed by atoms with Crippen LogP contribution in [-0.2, 0) is 4.74 Å². The Morgan fingerprint density at radius 3 is 2.74 bits per heavy atom. The van der Waals surface area contributed by atoms with Crippen LogP contribution in [-0.4, -0.2) is 58.6 Å². The first-order chi connectivity index (χ1) is 13.0. The van der Waals surface area contributed by atoms with Crippen LogP contribution in [0.1, 0.15) is 37.9 Å². The number of aliphatic hydroxyl groups is 2. The van der Waals surface area contributed by atoms with Gasteiger partial charge >= 0.3 is 0 Å². The first-order valence-electron chi connectivity index (χ1n) is 8.69. The van der Waals surface area contributed by atoms with E-state index in [0.717, 1.165) is 6.54 Å². The molecule has 3 aromatic heterocycles. The van der Waals surface area contributed by atoms with E-state index in [1.165, 1.54) is 12.7 Å². The summed E-state index contributed by atoms with van der Waals surface area (Å²) in [7, 11) is 0. The van der Waals surface area contributed by atoms with Gasteiger partial charge in [-0.3, -0.25) is 4.57 Å². The Labute approximate surface area is 154 Å². The van der Waals surface area contributed by atoms with Crippen LogP contribution in [0.25, 0.3) is 11.2 Å². The molecule has 0 spiro atoms. The van der Waals surface area contributed by atoms with Crippen molar-refractivity contribution in [2.45, 2.75) is 45.3 Å². The summed E-state index contributed by atoms with van der Waals surface area (Å²) in [6.07, 6.45) is -1.38. The van der Waals surface area contributed by atoms with E-state index in [0.29, 0.717) is 28.7 Å². The molecule has 1 fully saturated rings. The minimum atomic E-state index is -1.23. The first-order valence-corrected chi connectivity index (χ1v) is 8.69. The Bertz CT molecular complexity index is 940. The van der Waals surface area contributed by atoms with Gasteiger partial charge in [0, 0.05) is 6.54 Å². The van der Waals surface area contributed by atoms with Gasteiger partial charge in [0.05, 0.1) is 6.33 Å². The second kappa shape index (κ2) is 6.83. The van der Waals surface area contributed by atoms with Gasteiger partial charge in [0.2, 0.25) is 0 Å². The van der Waals surface area contributed by atoms with Crippen molar-refractivity contribution in [3.8, 4) is 0 Å². The number of anilines is 1. The molecule has 1 aliphatic heterocycles. The van der Waals surface area contributed by atoms with E-state index in [-0.39, 0.29) is 5.89 Å². The second-order valence-electron chi connectivity index (χ2n) is 6.93. The number of nitrogens with one attached hydrogen (secondary N) is 1. The molecule has 0 amide bonds. The third kappa shape index (κ3) is 3.13. The average molecular weight is 375 g/mol. The van der Waals surface area contributed by atoms with Crippen LogP contribution in [0.15, 0.2) is 17.2 Å². The molecule has 0 aromatic carbocycles.